The van der Waals surface area contributed by atoms with Crippen molar-refractivity contribution in [1.29, 1.82) is 0 Å². The third kappa shape index (κ3) is 3.66. The van der Waals surface area contributed by atoms with E-state index in [0.29, 0.717) is 24.2 Å². The molecule has 0 aliphatic heterocycles. The summed E-state index contributed by atoms with van der Waals surface area (Å²) in [5, 5.41) is 3.79. The van der Waals surface area contributed by atoms with Crippen LogP contribution >= 0.6 is 11.6 Å². The molecule has 30 heavy (non-hydrogen) atoms. The fourth-order valence-electron chi connectivity index (χ4n) is 3.75. The molecule has 150 valence electrons. The molecule has 6 nitrogen and oxygen atoms in total. The molecule has 1 aliphatic rings. The Morgan fingerprint density at radius 1 is 1.13 bits per heavy atom. The van der Waals surface area contributed by atoms with E-state index in [1.54, 1.807) is 24.8 Å². The number of nitrogens with zero attached hydrogens (tertiary/aromatic N) is 4. The van der Waals surface area contributed by atoms with E-state index in [-0.39, 0.29) is 11.3 Å². The van der Waals surface area contributed by atoms with Crippen molar-refractivity contribution < 1.29 is 4.79 Å². The number of imidazole rings is 1. The normalized spacial score (nSPS) is 14.6. The molecule has 0 radical (unpaired) electrons. The third-order valence-electron chi connectivity index (χ3n) is 5.69. The van der Waals surface area contributed by atoms with E-state index in [0.717, 1.165) is 29.1 Å². The van der Waals surface area contributed by atoms with Crippen molar-refractivity contribution in [2.45, 2.75) is 24.8 Å². The second kappa shape index (κ2) is 7.54. The van der Waals surface area contributed by atoms with Crippen molar-refractivity contribution in [2.24, 2.45) is 0 Å². The van der Waals surface area contributed by atoms with Crippen molar-refractivity contribution in [3.05, 3.63) is 89.1 Å². The Morgan fingerprint density at radius 2 is 1.97 bits per heavy atom. The van der Waals surface area contributed by atoms with Gasteiger partial charge in [0.05, 0.1) is 18.4 Å². The van der Waals surface area contributed by atoms with Gasteiger partial charge in [0.2, 0.25) is 0 Å². The average Bonchev–Trinajstić information content (AvgIpc) is 3.47. The van der Waals surface area contributed by atoms with Gasteiger partial charge in [0.25, 0.3) is 5.91 Å². The number of carbonyl (C=O) groups is 1. The molecule has 1 amide bonds. The van der Waals surface area contributed by atoms with Crippen molar-refractivity contribution in [3.8, 4) is 0 Å². The van der Waals surface area contributed by atoms with Crippen LogP contribution in [0, 0.1) is 0 Å². The van der Waals surface area contributed by atoms with Gasteiger partial charge in [-0.05, 0) is 48.2 Å². The highest BCUT2D eigenvalue weighted by Gasteiger charge is 2.44. The van der Waals surface area contributed by atoms with Gasteiger partial charge in [-0.3, -0.25) is 9.78 Å². The van der Waals surface area contributed by atoms with Crippen LogP contribution in [0.15, 0.2) is 67.4 Å². The highest BCUT2D eigenvalue weighted by Crippen LogP contribution is 2.47. The maximum absolute atomic E-state index is 12.7. The van der Waals surface area contributed by atoms with Crippen LogP contribution in [-0.4, -0.2) is 32.0 Å². The van der Waals surface area contributed by atoms with Gasteiger partial charge in [0.1, 0.15) is 5.52 Å². The average molecular weight is 418 g/mol. The molecular formula is C23H20ClN5O. The van der Waals surface area contributed by atoms with Crippen LogP contribution in [-0.2, 0) is 12.0 Å². The molecule has 1 N–H and O–H groups in total. The number of rotatable bonds is 6. The number of nitrogens with one attached hydrogen (secondary N) is 1. The lowest BCUT2D eigenvalue weighted by molar-refractivity contribution is 0.0949. The minimum atomic E-state index is -0.133. The number of halogens is 1. The number of benzene rings is 1. The van der Waals surface area contributed by atoms with Gasteiger partial charge in [-0.1, -0.05) is 29.8 Å². The van der Waals surface area contributed by atoms with E-state index in [4.69, 9.17) is 11.6 Å². The fraction of sp³-hybridized carbons (Fsp3) is 0.217. The molecule has 0 saturated heterocycles. The van der Waals surface area contributed by atoms with Gasteiger partial charge >= 0.3 is 0 Å². The summed E-state index contributed by atoms with van der Waals surface area (Å²) in [6, 6.07) is 13.6. The van der Waals surface area contributed by atoms with Crippen LogP contribution in [0.4, 0.5) is 0 Å². The molecule has 0 unspecified atom stereocenters. The topological polar surface area (TPSA) is 72.7 Å². The summed E-state index contributed by atoms with van der Waals surface area (Å²) in [7, 11) is 0. The fourth-order valence-corrected chi connectivity index (χ4v) is 3.88. The largest absolute Gasteiger partial charge is 0.351 e. The smallest absolute Gasteiger partial charge is 0.252 e. The number of amides is 1. The van der Waals surface area contributed by atoms with Gasteiger partial charge in [-0.2, -0.15) is 0 Å². The van der Waals surface area contributed by atoms with E-state index in [1.807, 2.05) is 47.2 Å². The Labute approximate surface area is 179 Å². The zero-order valence-electron chi connectivity index (χ0n) is 16.3. The Hall–Kier alpha value is -3.25. The molecule has 1 saturated carbocycles. The van der Waals surface area contributed by atoms with Crippen LogP contribution < -0.4 is 5.32 Å². The molecule has 7 heteroatoms. The highest BCUT2D eigenvalue weighted by atomic mass is 35.5. The van der Waals surface area contributed by atoms with E-state index in [9.17, 15) is 4.79 Å². The number of fused-ring (bicyclic) bond motifs is 1. The number of carbonyl (C=O) groups excluding carboxylic acids is 1. The van der Waals surface area contributed by atoms with Crippen molar-refractivity contribution in [3.63, 3.8) is 0 Å². The lowest BCUT2D eigenvalue weighted by atomic mass is 9.96. The highest BCUT2D eigenvalue weighted by molar-refractivity contribution is 6.30. The number of hydrogen-bond donors (Lipinski definition) is 1. The van der Waals surface area contributed by atoms with E-state index in [1.165, 1.54) is 5.56 Å². The molecule has 0 spiro atoms. The molecule has 1 fully saturated rings. The zero-order chi connectivity index (χ0) is 20.6. The van der Waals surface area contributed by atoms with E-state index < -0.39 is 0 Å². The minimum Gasteiger partial charge on any atom is -0.351 e. The predicted molar refractivity (Wildman–Crippen MR) is 116 cm³/mol. The summed E-state index contributed by atoms with van der Waals surface area (Å²) in [4.78, 5) is 25.8. The van der Waals surface area contributed by atoms with Gasteiger partial charge in [-0.15, -0.1) is 0 Å². The third-order valence-corrected chi connectivity index (χ3v) is 5.94. The molecule has 1 aliphatic carbocycles. The first-order chi connectivity index (χ1) is 14.6. The Morgan fingerprint density at radius 3 is 2.70 bits per heavy atom. The lowest BCUT2D eigenvalue weighted by Gasteiger charge is -2.16. The van der Waals surface area contributed by atoms with E-state index >= 15 is 0 Å². The van der Waals surface area contributed by atoms with Crippen LogP contribution in [0.1, 0.15) is 34.3 Å². The summed E-state index contributed by atoms with van der Waals surface area (Å²) in [6.07, 6.45) is 9.04. The molecule has 5 rings (SSSR count). The monoisotopic (exact) mass is 417 g/mol. The standard InChI is InChI=1S/C23H20ClN5O/c24-19-5-3-18(4-6-19)23(7-8-23)14-27-22(30)17-10-20-21(26-12-17)29(15-28-20)13-16-2-1-9-25-11-16/h1-6,9-12,15H,7-8,13-14H2,(H,27,30). The summed E-state index contributed by atoms with van der Waals surface area (Å²) < 4.78 is 1.95. The SMILES string of the molecule is O=C(NCC1(c2ccc(Cl)cc2)CC1)c1cnc2c(c1)ncn2Cc1cccnc1. The molecule has 1 aromatic carbocycles. The molecule has 0 bridgehead atoms. The first kappa shape index (κ1) is 18.8. The van der Waals surface area contributed by atoms with Crippen molar-refractivity contribution in [2.75, 3.05) is 6.54 Å². The van der Waals surface area contributed by atoms with Gasteiger partial charge in [0.15, 0.2) is 5.65 Å². The summed E-state index contributed by atoms with van der Waals surface area (Å²) in [6.45, 7) is 1.23. The zero-order valence-corrected chi connectivity index (χ0v) is 17.0. The maximum Gasteiger partial charge on any atom is 0.252 e. The maximum atomic E-state index is 12.7. The van der Waals surface area contributed by atoms with Gasteiger partial charge in [0, 0.05) is 35.6 Å². The molecule has 3 heterocycles. The summed E-state index contributed by atoms with van der Waals surface area (Å²) >= 11 is 6.00. The number of pyridine rings is 2. The first-order valence-electron chi connectivity index (χ1n) is 9.87. The van der Waals surface area contributed by atoms with Crippen molar-refractivity contribution >= 4 is 28.7 Å². The van der Waals surface area contributed by atoms with Gasteiger partial charge < -0.3 is 9.88 Å². The second-order valence-electron chi connectivity index (χ2n) is 7.77. The Kier molecular flexibility index (Phi) is 4.71. The van der Waals surface area contributed by atoms with Crippen LogP contribution in [0.5, 0.6) is 0 Å². The quantitative estimate of drug-likeness (QED) is 0.515. The summed E-state index contributed by atoms with van der Waals surface area (Å²) in [5.74, 6) is -0.133. The van der Waals surface area contributed by atoms with Crippen LogP contribution in [0.2, 0.25) is 5.02 Å². The van der Waals surface area contributed by atoms with Crippen LogP contribution in [0.3, 0.4) is 0 Å². The van der Waals surface area contributed by atoms with Gasteiger partial charge in [-0.25, -0.2) is 9.97 Å². The second-order valence-corrected chi connectivity index (χ2v) is 8.21. The Balaban J connectivity index is 1.29. The molecule has 4 aromatic rings. The first-order valence-corrected chi connectivity index (χ1v) is 10.2. The van der Waals surface area contributed by atoms with Crippen LogP contribution in [0.25, 0.3) is 11.2 Å². The minimum absolute atomic E-state index is 0.0169. The predicted octanol–water partition coefficient (Wildman–Crippen LogP) is 3.99. The molecule has 3 aromatic heterocycles. The number of aromatic nitrogens is 4. The van der Waals surface area contributed by atoms with Crippen molar-refractivity contribution in [1.82, 2.24) is 24.8 Å². The van der Waals surface area contributed by atoms with E-state index in [2.05, 4.69) is 20.3 Å². The summed E-state index contributed by atoms with van der Waals surface area (Å²) in [5.41, 5.74) is 4.26. The number of hydrogen-bond acceptors (Lipinski definition) is 4. The Bertz CT molecular complexity index is 1200. The lowest BCUT2D eigenvalue weighted by Crippen LogP contribution is -2.32. The molecular weight excluding hydrogens is 398 g/mol. The molecule has 0 atom stereocenters.